The third-order valence-electron chi connectivity index (χ3n) is 3.02. The molecule has 0 heterocycles. The van der Waals surface area contributed by atoms with Crippen LogP contribution in [0.5, 0.6) is 5.75 Å². The Morgan fingerprint density at radius 2 is 1.90 bits per heavy atom. The zero-order chi connectivity index (χ0) is 14.5. The van der Waals surface area contributed by atoms with Crippen molar-refractivity contribution in [2.75, 3.05) is 12.4 Å². The third-order valence-corrected chi connectivity index (χ3v) is 3.84. The molecule has 0 radical (unpaired) electrons. The fraction of sp³-hybridized carbons (Fsp3) is 0.250. The zero-order valence-corrected chi connectivity index (χ0v) is 13.8. The molecule has 0 spiro atoms. The van der Waals surface area contributed by atoms with Gasteiger partial charge in [-0.1, -0.05) is 39.7 Å². The van der Waals surface area contributed by atoms with E-state index in [-0.39, 0.29) is 0 Å². The summed E-state index contributed by atoms with van der Waals surface area (Å²) in [5.41, 5.74) is 2.30. The van der Waals surface area contributed by atoms with E-state index >= 15 is 0 Å². The lowest BCUT2D eigenvalue weighted by Crippen LogP contribution is -2.17. The molecule has 2 aromatic rings. The van der Waals surface area contributed by atoms with E-state index in [1.54, 1.807) is 7.11 Å². The van der Waals surface area contributed by atoms with Crippen molar-refractivity contribution in [3.63, 3.8) is 0 Å². The van der Waals surface area contributed by atoms with Gasteiger partial charge in [-0.25, -0.2) is 0 Å². The Morgan fingerprint density at radius 3 is 2.50 bits per heavy atom. The van der Waals surface area contributed by atoms with Gasteiger partial charge in [0.05, 0.1) is 12.1 Å². The van der Waals surface area contributed by atoms with Crippen LogP contribution >= 0.6 is 27.5 Å². The first-order chi connectivity index (χ1) is 9.58. The van der Waals surface area contributed by atoms with Crippen LogP contribution in [0.1, 0.15) is 12.5 Å². The van der Waals surface area contributed by atoms with E-state index in [0.717, 1.165) is 16.6 Å². The van der Waals surface area contributed by atoms with Gasteiger partial charge in [-0.3, -0.25) is 0 Å². The molecule has 0 saturated heterocycles. The highest BCUT2D eigenvalue weighted by molar-refractivity contribution is 9.10. The van der Waals surface area contributed by atoms with Crippen LogP contribution in [0.25, 0.3) is 0 Å². The maximum atomic E-state index is 6.12. The van der Waals surface area contributed by atoms with Gasteiger partial charge in [0.15, 0.2) is 0 Å². The first-order valence-electron chi connectivity index (χ1n) is 6.43. The molecular formula is C16H17BrClNO. The van der Waals surface area contributed by atoms with Crippen LogP contribution in [0.2, 0.25) is 5.02 Å². The molecule has 1 N–H and O–H groups in total. The van der Waals surface area contributed by atoms with E-state index in [1.165, 1.54) is 5.56 Å². The number of rotatable bonds is 5. The van der Waals surface area contributed by atoms with E-state index in [1.807, 2.05) is 18.2 Å². The number of methoxy groups -OCH3 is 1. The molecule has 0 bridgehead atoms. The van der Waals surface area contributed by atoms with E-state index in [0.29, 0.717) is 16.8 Å². The number of halogens is 2. The van der Waals surface area contributed by atoms with E-state index in [9.17, 15) is 0 Å². The lowest BCUT2D eigenvalue weighted by atomic mass is 10.1. The molecule has 0 aliphatic heterocycles. The summed E-state index contributed by atoms with van der Waals surface area (Å²) in [5, 5.41) is 4.06. The average molecular weight is 355 g/mol. The van der Waals surface area contributed by atoms with Crippen molar-refractivity contribution in [3.05, 3.63) is 57.5 Å². The lowest BCUT2D eigenvalue weighted by molar-refractivity contribution is 0.415. The summed E-state index contributed by atoms with van der Waals surface area (Å²) in [6.45, 7) is 2.15. The molecule has 2 rings (SSSR count). The van der Waals surface area contributed by atoms with Crippen molar-refractivity contribution in [1.29, 1.82) is 0 Å². The van der Waals surface area contributed by atoms with Gasteiger partial charge in [0.1, 0.15) is 5.75 Å². The van der Waals surface area contributed by atoms with Crippen LogP contribution in [0.4, 0.5) is 5.69 Å². The molecule has 0 amide bonds. The predicted molar refractivity (Wildman–Crippen MR) is 88.9 cm³/mol. The van der Waals surface area contributed by atoms with E-state index < -0.39 is 0 Å². The van der Waals surface area contributed by atoms with Gasteiger partial charge in [0, 0.05) is 16.2 Å². The molecule has 1 atom stereocenters. The molecule has 0 aromatic heterocycles. The minimum Gasteiger partial charge on any atom is -0.495 e. The Bertz CT molecular complexity index is 571. The van der Waals surface area contributed by atoms with Gasteiger partial charge in [0.2, 0.25) is 0 Å². The van der Waals surface area contributed by atoms with Crippen LogP contribution in [-0.4, -0.2) is 13.2 Å². The van der Waals surface area contributed by atoms with Crippen molar-refractivity contribution in [1.82, 2.24) is 0 Å². The summed E-state index contributed by atoms with van der Waals surface area (Å²) < 4.78 is 6.25. The van der Waals surface area contributed by atoms with Crippen molar-refractivity contribution in [3.8, 4) is 5.75 Å². The zero-order valence-electron chi connectivity index (χ0n) is 11.5. The highest BCUT2D eigenvalue weighted by Crippen LogP contribution is 2.27. The number of benzene rings is 2. The highest BCUT2D eigenvalue weighted by atomic mass is 79.9. The standard InChI is InChI=1S/C16H17BrClNO/c1-11(9-12-3-5-13(17)6-4-12)19-14-7-8-16(20-2)15(18)10-14/h3-8,10-11,19H,9H2,1-2H3. The van der Waals surface area contributed by atoms with Gasteiger partial charge in [-0.2, -0.15) is 0 Å². The summed E-state index contributed by atoms with van der Waals surface area (Å²) >= 11 is 9.57. The Morgan fingerprint density at radius 1 is 1.20 bits per heavy atom. The highest BCUT2D eigenvalue weighted by Gasteiger charge is 2.06. The molecule has 2 aromatic carbocycles. The molecule has 0 saturated carbocycles. The normalized spacial score (nSPS) is 12.0. The maximum absolute atomic E-state index is 6.12. The SMILES string of the molecule is COc1ccc(NC(C)Cc2ccc(Br)cc2)cc1Cl. The average Bonchev–Trinajstić information content (AvgIpc) is 2.41. The number of anilines is 1. The number of ether oxygens (including phenoxy) is 1. The minimum atomic E-state index is 0.320. The minimum absolute atomic E-state index is 0.320. The quantitative estimate of drug-likeness (QED) is 0.801. The number of nitrogens with one attached hydrogen (secondary N) is 1. The number of hydrogen-bond acceptors (Lipinski definition) is 2. The van der Waals surface area contributed by atoms with Crippen molar-refractivity contribution < 1.29 is 4.74 Å². The first kappa shape index (κ1) is 15.2. The lowest BCUT2D eigenvalue weighted by Gasteiger charge is -2.16. The van der Waals surface area contributed by atoms with Gasteiger partial charge in [0.25, 0.3) is 0 Å². The predicted octanol–water partition coefficient (Wildman–Crippen LogP) is 5.15. The summed E-state index contributed by atoms with van der Waals surface area (Å²) in [7, 11) is 1.62. The van der Waals surface area contributed by atoms with Crippen LogP contribution < -0.4 is 10.1 Å². The largest absolute Gasteiger partial charge is 0.495 e. The molecule has 0 aliphatic rings. The number of hydrogen-bond donors (Lipinski definition) is 1. The second-order valence-electron chi connectivity index (χ2n) is 4.73. The van der Waals surface area contributed by atoms with Gasteiger partial charge < -0.3 is 10.1 Å². The van der Waals surface area contributed by atoms with Crippen LogP contribution in [0.3, 0.4) is 0 Å². The van der Waals surface area contributed by atoms with Crippen LogP contribution in [-0.2, 0) is 6.42 Å². The summed E-state index contributed by atoms with van der Waals surface area (Å²) in [4.78, 5) is 0. The molecule has 4 heteroatoms. The van der Waals surface area contributed by atoms with E-state index in [2.05, 4.69) is 52.4 Å². The smallest absolute Gasteiger partial charge is 0.137 e. The topological polar surface area (TPSA) is 21.3 Å². The second-order valence-corrected chi connectivity index (χ2v) is 6.05. The Kier molecular flexibility index (Phi) is 5.32. The Hall–Kier alpha value is -1.19. The molecule has 0 fully saturated rings. The van der Waals surface area contributed by atoms with E-state index in [4.69, 9.17) is 16.3 Å². The fourth-order valence-electron chi connectivity index (χ4n) is 2.07. The Balaban J connectivity index is 1.99. The molecular weight excluding hydrogens is 338 g/mol. The third kappa shape index (κ3) is 4.15. The van der Waals surface area contributed by atoms with Crippen molar-refractivity contribution in [2.45, 2.75) is 19.4 Å². The van der Waals surface area contributed by atoms with Crippen LogP contribution in [0, 0.1) is 0 Å². The molecule has 2 nitrogen and oxygen atoms in total. The molecule has 1 unspecified atom stereocenters. The second kappa shape index (κ2) is 7.00. The first-order valence-corrected chi connectivity index (χ1v) is 7.60. The fourth-order valence-corrected chi connectivity index (χ4v) is 2.59. The summed E-state index contributed by atoms with van der Waals surface area (Å²) in [6.07, 6.45) is 0.955. The molecule has 0 aliphatic carbocycles. The van der Waals surface area contributed by atoms with Gasteiger partial charge >= 0.3 is 0 Å². The van der Waals surface area contributed by atoms with Crippen LogP contribution in [0.15, 0.2) is 46.9 Å². The molecule has 106 valence electrons. The monoisotopic (exact) mass is 353 g/mol. The van der Waals surface area contributed by atoms with Gasteiger partial charge in [-0.05, 0) is 49.2 Å². The van der Waals surface area contributed by atoms with Gasteiger partial charge in [-0.15, -0.1) is 0 Å². The summed E-state index contributed by atoms with van der Waals surface area (Å²) in [6, 6.07) is 14.4. The van der Waals surface area contributed by atoms with Crippen molar-refractivity contribution >= 4 is 33.2 Å². The summed E-state index contributed by atoms with van der Waals surface area (Å²) in [5.74, 6) is 0.692. The van der Waals surface area contributed by atoms with Crippen molar-refractivity contribution in [2.24, 2.45) is 0 Å². The Labute approximate surface area is 133 Å². The molecule has 20 heavy (non-hydrogen) atoms. The maximum Gasteiger partial charge on any atom is 0.137 e.